The lowest BCUT2D eigenvalue weighted by atomic mass is 9.83. The first-order chi connectivity index (χ1) is 17.3. The van der Waals surface area contributed by atoms with Crippen LogP contribution in [0.5, 0.6) is 0 Å². The number of nitrogens with one attached hydrogen (secondary N) is 1. The number of piperidine rings is 1. The minimum atomic E-state index is -0.715. The van der Waals surface area contributed by atoms with Crippen molar-refractivity contribution in [3.63, 3.8) is 0 Å². The molecule has 2 rings (SSSR count). The maximum atomic E-state index is 13.9. The van der Waals surface area contributed by atoms with Gasteiger partial charge in [0.25, 0.3) is 0 Å². The highest BCUT2D eigenvalue weighted by molar-refractivity contribution is 5.91. The average Bonchev–Trinajstić information content (AvgIpc) is 2.84. The van der Waals surface area contributed by atoms with Crippen molar-refractivity contribution >= 4 is 17.8 Å². The summed E-state index contributed by atoms with van der Waals surface area (Å²) in [6.45, 7) is 14.5. The third kappa shape index (κ3) is 8.16. The van der Waals surface area contributed by atoms with E-state index in [-0.39, 0.29) is 35.8 Å². The van der Waals surface area contributed by atoms with Gasteiger partial charge in [-0.05, 0) is 63.1 Å². The Morgan fingerprint density at radius 2 is 1.81 bits per heavy atom. The number of hydrogen-bond acceptors (Lipinski definition) is 5. The van der Waals surface area contributed by atoms with E-state index >= 15 is 0 Å². The summed E-state index contributed by atoms with van der Waals surface area (Å²) in [6, 6.07) is 8.98. The molecule has 1 N–H and O–H groups in total. The average molecular weight is 514 g/mol. The molecule has 7 nitrogen and oxygen atoms in total. The summed E-state index contributed by atoms with van der Waals surface area (Å²) < 4.78 is 5.12. The zero-order valence-corrected chi connectivity index (χ0v) is 24.2. The molecule has 1 aliphatic heterocycles. The Kier molecular flexibility index (Phi) is 10.9. The molecule has 0 radical (unpaired) electrons. The summed E-state index contributed by atoms with van der Waals surface area (Å²) in [5, 5.41) is 3.12. The van der Waals surface area contributed by atoms with Crippen LogP contribution in [0.3, 0.4) is 0 Å². The van der Waals surface area contributed by atoms with Gasteiger partial charge >= 0.3 is 5.97 Å². The van der Waals surface area contributed by atoms with Gasteiger partial charge < -0.3 is 15.0 Å². The van der Waals surface area contributed by atoms with Crippen LogP contribution < -0.4 is 5.32 Å². The maximum Gasteiger partial charge on any atom is 0.333 e. The number of carbonyl (C=O) groups is 3. The van der Waals surface area contributed by atoms with E-state index in [1.165, 1.54) is 5.56 Å². The number of carbonyl (C=O) groups excluding carboxylic acids is 3. The predicted octanol–water partition coefficient (Wildman–Crippen LogP) is 4.39. The number of amides is 2. The van der Waals surface area contributed by atoms with Gasteiger partial charge in [0.05, 0.1) is 18.7 Å². The van der Waals surface area contributed by atoms with Crippen molar-refractivity contribution in [2.45, 2.75) is 85.4 Å². The van der Waals surface area contributed by atoms with E-state index in [0.717, 1.165) is 13.0 Å². The van der Waals surface area contributed by atoms with Crippen molar-refractivity contribution in [3.05, 3.63) is 47.5 Å². The molecule has 1 unspecified atom stereocenters. The van der Waals surface area contributed by atoms with Crippen LogP contribution in [0.2, 0.25) is 0 Å². The molecule has 0 saturated carbocycles. The van der Waals surface area contributed by atoms with Crippen LogP contribution in [0.4, 0.5) is 0 Å². The Morgan fingerprint density at radius 1 is 1.19 bits per heavy atom. The molecule has 206 valence electrons. The molecule has 0 bridgehead atoms. The molecule has 1 heterocycles. The Balaban J connectivity index is 2.25. The number of ether oxygens (including phenoxy) is 1. The van der Waals surface area contributed by atoms with Crippen LogP contribution in [0.15, 0.2) is 42.0 Å². The number of likely N-dealkylation sites (tertiary alicyclic amines) is 1. The molecule has 2 amide bonds. The van der Waals surface area contributed by atoms with Crippen molar-refractivity contribution in [2.24, 2.45) is 11.3 Å². The number of hydrogen-bond donors (Lipinski definition) is 1. The third-order valence-electron chi connectivity index (χ3n) is 7.34. The van der Waals surface area contributed by atoms with Crippen molar-refractivity contribution in [2.75, 3.05) is 27.2 Å². The SMILES string of the molecule is CCOC(=O)/C(C)=C/[C@H](C(C)C)N(C)C(=O)C(NC(=O)[C@@H]1C[C@H](c2ccccc2)CCN1C)C(C)(C)C. The second kappa shape index (κ2) is 13.2. The molecule has 0 aromatic heterocycles. The highest BCUT2D eigenvalue weighted by Gasteiger charge is 2.40. The van der Waals surface area contributed by atoms with E-state index in [1.807, 2.05) is 59.9 Å². The number of esters is 1. The van der Waals surface area contributed by atoms with Crippen LogP contribution >= 0.6 is 0 Å². The van der Waals surface area contributed by atoms with Crippen LogP contribution in [-0.4, -0.2) is 73.0 Å². The molecule has 1 aromatic carbocycles. The number of rotatable bonds is 9. The number of benzene rings is 1. The van der Waals surface area contributed by atoms with Gasteiger partial charge in [-0.1, -0.05) is 71.0 Å². The van der Waals surface area contributed by atoms with E-state index < -0.39 is 11.5 Å². The summed E-state index contributed by atoms with van der Waals surface area (Å²) in [5.41, 5.74) is 1.21. The van der Waals surface area contributed by atoms with Gasteiger partial charge in [-0.15, -0.1) is 0 Å². The van der Waals surface area contributed by atoms with Crippen LogP contribution in [-0.2, 0) is 19.1 Å². The first-order valence-electron chi connectivity index (χ1n) is 13.5. The fraction of sp³-hybridized carbons (Fsp3) is 0.633. The van der Waals surface area contributed by atoms with Crippen LogP contribution in [0.1, 0.15) is 72.8 Å². The van der Waals surface area contributed by atoms with Crippen molar-refractivity contribution in [3.8, 4) is 0 Å². The van der Waals surface area contributed by atoms with Crippen LogP contribution in [0.25, 0.3) is 0 Å². The maximum absolute atomic E-state index is 13.9. The Labute approximate surface area is 223 Å². The Morgan fingerprint density at radius 3 is 2.35 bits per heavy atom. The molecule has 1 aromatic rings. The standard InChI is InChI=1S/C30H47N3O4/c1-10-37-29(36)21(4)18-24(20(2)3)33(9)28(35)26(30(5,6)7)31-27(34)25-19-23(16-17-32(25)8)22-14-12-11-13-15-22/h11-15,18,20,23-26H,10,16-17,19H2,1-9H3,(H,31,34)/b21-18+/t23-,24-,25+,26?/m1/s1. The molecular formula is C30H47N3O4. The van der Waals surface area contributed by atoms with Gasteiger partial charge in [0.2, 0.25) is 11.8 Å². The van der Waals surface area contributed by atoms with Crippen molar-refractivity contribution in [1.29, 1.82) is 0 Å². The molecule has 0 spiro atoms. The molecule has 37 heavy (non-hydrogen) atoms. The summed E-state index contributed by atoms with van der Waals surface area (Å²) in [5.74, 6) is -0.315. The van der Waals surface area contributed by atoms with E-state index in [4.69, 9.17) is 4.74 Å². The van der Waals surface area contributed by atoms with E-state index in [9.17, 15) is 14.4 Å². The molecule has 0 aliphatic carbocycles. The zero-order valence-electron chi connectivity index (χ0n) is 24.2. The quantitative estimate of drug-likeness (QED) is 0.391. The molecule has 1 saturated heterocycles. The van der Waals surface area contributed by atoms with Gasteiger partial charge in [-0.2, -0.15) is 0 Å². The van der Waals surface area contributed by atoms with Crippen LogP contribution in [0, 0.1) is 11.3 Å². The van der Waals surface area contributed by atoms with E-state index in [1.54, 1.807) is 31.9 Å². The molecular weight excluding hydrogens is 466 g/mol. The van der Waals surface area contributed by atoms with Gasteiger partial charge in [0.1, 0.15) is 6.04 Å². The minimum Gasteiger partial charge on any atom is -0.463 e. The lowest BCUT2D eigenvalue weighted by molar-refractivity contribution is -0.142. The third-order valence-corrected chi connectivity index (χ3v) is 7.34. The highest BCUT2D eigenvalue weighted by atomic mass is 16.5. The number of nitrogens with zero attached hydrogens (tertiary/aromatic N) is 2. The van der Waals surface area contributed by atoms with Gasteiger partial charge in [-0.3, -0.25) is 14.5 Å². The molecule has 7 heteroatoms. The second-order valence-electron chi connectivity index (χ2n) is 11.7. The van der Waals surface area contributed by atoms with Crippen molar-refractivity contribution in [1.82, 2.24) is 15.1 Å². The lowest BCUT2D eigenvalue weighted by Crippen LogP contribution is -2.60. The van der Waals surface area contributed by atoms with E-state index in [2.05, 4.69) is 22.3 Å². The molecule has 1 aliphatic rings. The van der Waals surface area contributed by atoms with Gasteiger partial charge in [0.15, 0.2) is 0 Å². The number of likely N-dealkylation sites (N-methyl/N-ethyl adjacent to an activating group) is 2. The summed E-state index contributed by atoms with van der Waals surface area (Å²) in [7, 11) is 3.72. The predicted molar refractivity (Wildman–Crippen MR) is 148 cm³/mol. The lowest BCUT2D eigenvalue weighted by Gasteiger charge is -2.40. The van der Waals surface area contributed by atoms with Gasteiger partial charge in [0, 0.05) is 12.6 Å². The van der Waals surface area contributed by atoms with E-state index in [0.29, 0.717) is 24.5 Å². The Hall–Kier alpha value is -2.67. The minimum absolute atomic E-state index is 0.0609. The fourth-order valence-corrected chi connectivity index (χ4v) is 4.98. The smallest absolute Gasteiger partial charge is 0.333 e. The fourth-order valence-electron chi connectivity index (χ4n) is 4.98. The monoisotopic (exact) mass is 513 g/mol. The highest BCUT2D eigenvalue weighted by Crippen LogP contribution is 2.31. The topological polar surface area (TPSA) is 79.0 Å². The summed E-state index contributed by atoms with van der Waals surface area (Å²) in [6.07, 6.45) is 3.50. The summed E-state index contributed by atoms with van der Waals surface area (Å²) in [4.78, 5) is 43.4. The normalized spacial score (nSPS) is 20.8. The first-order valence-corrected chi connectivity index (χ1v) is 13.5. The second-order valence-corrected chi connectivity index (χ2v) is 11.7. The Bertz CT molecular complexity index is 951. The summed E-state index contributed by atoms with van der Waals surface area (Å²) >= 11 is 0. The largest absolute Gasteiger partial charge is 0.463 e. The molecule has 4 atom stereocenters. The molecule has 1 fully saturated rings. The van der Waals surface area contributed by atoms with Gasteiger partial charge in [-0.25, -0.2) is 4.79 Å². The zero-order chi connectivity index (χ0) is 27.9. The first kappa shape index (κ1) is 30.6. The van der Waals surface area contributed by atoms with Crippen molar-refractivity contribution < 1.29 is 19.1 Å².